The number of rotatable bonds is 1. The molecule has 1 unspecified atom stereocenters. The summed E-state index contributed by atoms with van der Waals surface area (Å²) in [5, 5.41) is 0. The second-order valence-electron chi connectivity index (χ2n) is 4.18. The molecule has 1 aromatic rings. The van der Waals surface area contributed by atoms with E-state index in [1.165, 1.54) is 12.1 Å². The van der Waals surface area contributed by atoms with Gasteiger partial charge < -0.3 is 1.43 Å². The molecule has 18 heavy (non-hydrogen) atoms. The summed E-state index contributed by atoms with van der Waals surface area (Å²) in [5.74, 6) is -1.20. The quantitative estimate of drug-likeness (QED) is 0.484. The Labute approximate surface area is 128 Å². The third kappa shape index (κ3) is 2.19. The van der Waals surface area contributed by atoms with Crippen molar-refractivity contribution in [2.75, 3.05) is 0 Å². The summed E-state index contributed by atoms with van der Waals surface area (Å²) in [6, 6.07) is 6.00. The molecule has 0 spiro atoms. The molecule has 0 amide bonds. The fraction of sp³-hybridized carbons (Fsp3) is 0.273. The average Bonchev–Trinajstić information content (AvgIpc) is 2.25. The second kappa shape index (κ2) is 4.86. The molecule has 5 nitrogen and oxygen atoms in total. The Bertz CT molecular complexity index is 628. The Hall–Kier alpha value is -0.530. The maximum absolute atomic E-state index is 12.0. The molecule has 0 aliphatic heterocycles. The molecular formula is C11H11NaO5S. The first kappa shape index (κ1) is 15.5. The Morgan fingerprint density at radius 3 is 2.22 bits per heavy atom. The van der Waals surface area contributed by atoms with Gasteiger partial charge in [0.25, 0.3) is 10.1 Å². The Kier molecular flexibility index (Phi) is 4.19. The largest absolute Gasteiger partial charge is 1.00 e. The van der Waals surface area contributed by atoms with Crippen molar-refractivity contribution in [3.63, 3.8) is 0 Å². The first-order valence-corrected chi connectivity index (χ1v) is 6.35. The van der Waals surface area contributed by atoms with Crippen LogP contribution in [0, 0.1) is 0 Å². The first-order chi connectivity index (χ1) is 7.77. The zero-order chi connectivity index (χ0) is 12.8. The fourth-order valence-corrected chi connectivity index (χ4v) is 2.56. The number of ketones is 2. The summed E-state index contributed by atoms with van der Waals surface area (Å²) < 4.78 is 29.6. The van der Waals surface area contributed by atoms with Crippen molar-refractivity contribution < 1.29 is 53.5 Å². The van der Waals surface area contributed by atoms with Crippen molar-refractivity contribution in [3.8, 4) is 0 Å². The molecule has 0 aromatic heterocycles. The topological polar surface area (TPSA) is 88.5 Å². The van der Waals surface area contributed by atoms with Gasteiger partial charge in [-0.05, 0) is 6.92 Å². The smallest absolute Gasteiger partial charge is 1.00 e. The molecule has 0 fully saturated rings. The minimum atomic E-state index is -4.62. The van der Waals surface area contributed by atoms with E-state index in [9.17, 15) is 18.0 Å². The Morgan fingerprint density at radius 1 is 1.22 bits per heavy atom. The Balaban J connectivity index is 0.00000162. The van der Waals surface area contributed by atoms with Gasteiger partial charge in [0.2, 0.25) is 0 Å². The molecule has 7 heteroatoms. The predicted octanol–water partition coefficient (Wildman–Crippen LogP) is -1.78. The van der Waals surface area contributed by atoms with Crippen LogP contribution in [0.5, 0.6) is 0 Å². The first-order valence-electron chi connectivity index (χ1n) is 4.91. The van der Waals surface area contributed by atoms with Gasteiger partial charge in [-0.25, -0.2) is 0 Å². The van der Waals surface area contributed by atoms with E-state index in [0.717, 1.165) is 6.92 Å². The van der Waals surface area contributed by atoms with E-state index < -0.39 is 32.9 Å². The van der Waals surface area contributed by atoms with Crippen LogP contribution in [0.2, 0.25) is 0 Å². The van der Waals surface area contributed by atoms with Gasteiger partial charge in [-0.1, -0.05) is 24.3 Å². The summed E-state index contributed by atoms with van der Waals surface area (Å²) in [6.45, 7) is 1.07. The van der Waals surface area contributed by atoms with Crippen molar-refractivity contribution in [2.45, 2.75) is 18.1 Å². The molecule has 1 atom stereocenters. The molecule has 92 valence electrons. The molecule has 1 aliphatic rings. The van der Waals surface area contributed by atoms with Crippen molar-refractivity contribution in [1.82, 2.24) is 0 Å². The van der Waals surface area contributed by atoms with E-state index in [4.69, 9.17) is 4.55 Å². The van der Waals surface area contributed by atoms with Crippen LogP contribution in [-0.2, 0) is 10.1 Å². The van der Waals surface area contributed by atoms with Crippen LogP contribution < -0.4 is 29.6 Å². The van der Waals surface area contributed by atoms with Crippen LogP contribution in [0.4, 0.5) is 0 Å². The second-order valence-corrected chi connectivity index (χ2v) is 6.03. The number of hydrogen-bond donors (Lipinski definition) is 1. The van der Waals surface area contributed by atoms with E-state index >= 15 is 0 Å². The molecule has 0 bridgehead atoms. The minimum absolute atomic E-state index is 0. The van der Waals surface area contributed by atoms with E-state index in [1.807, 2.05) is 0 Å². The van der Waals surface area contributed by atoms with Gasteiger partial charge in [0.15, 0.2) is 16.3 Å². The third-order valence-electron chi connectivity index (χ3n) is 3.02. The van der Waals surface area contributed by atoms with Crippen LogP contribution in [0.15, 0.2) is 24.3 Å². The molecule has 2 rings (SSSR count). The van der Waals surface area contributed by atoms with E-state index in [2.05, 4.69) is 0 Å². The van der Waals surface area contributed by atoms with E-state index in [1.54, 1.807) is 12.1 Å². The van der Waals surface area contributed by atoms with Crippen LogP contribution >= 0.6 is 0 Å². The zero-order valence-electron chi connectivity index (χ0n) is 11.0. The average molecular weight is 278 g/mol. The molecule has 1 aliphatic carbocycles. The molecule has 1 aromatic carbocycles. The van der Waals surface area contributed by atoms with Crippen LogP contribution in [0.1, 0.15) is 35.5 Å². The third-order valence-corrected chi connectivity index (χ3v) is 4.49. The van der Waals surface area contributed by atoms with Crippen LogP contribution in [-0.4, -0.2) is 29.3 Å². The van der Waals surface area contributed by atoms with Gasteiger partial charge in [0, 0.05) is 17.5 Å². The van der Waals surface area contributed by atoms with Crippen LogP contribution in [0.3, 0.4) is 0 Å². The van der Waals surface area contributed by atoms with Crippen molar-refractivity contribution in [2.24, 2.45) is 0 Å². The minimum Gasteiger partial charge on any atom is -1.00 e. The van der Waals surface area contributed by atoms with Crippen molar-refractivity contribution >= 4 is 21.7 Å². The Morgan fingerprint density at radius 2 is 1.72 bits per heavy atom. The molecule has 0 saturated carbocycles. The summed E-state index contributed by atoms with van der Waals surface area (Å²) in [4.78, 5) is 23.8. The SMILES string of the molecule is CC1(S(=O)(=O)O)CC(=O)c2ccccc2C1=O.[H-].[Na+]. The normalized spacial score (nSPS) is 23.2. The van der Waals surface area contributed by atoms with Gasteiger partial charge in [-0.15, -0.1) is 0 Å². The number of hydrogen-bond acceptors (Lipinski definition) is 4. The molecule has 0 saturated heterocycles. The monoisotopic (exact) mass is 278 g/mol. The summed E-state index contributed by atoms with van der Waals surface area (Å²) in [5.41, 5.74) is 0.252. The summed E-state index contributed by atoms with van der Waals surface area (Å²) in [7, 11) is -4.62. The fourth-order valence-electron chi connectivity index (χ4n) is 1.90. The van der Waals surface area contributed by atoms with Crippen LogP contribution in [0.25, 0.3) is 0 Å². The molecule has 0 heterocycles. The van der Waals surface area contributed by atoms with Gasteiger partial charge in [0.05, 0.1) is 0 Å². The standard InChI is InChI=1S/C11H10O5S.Na.H/c1-11(17(14,15)16)6-9(12)7-4-2-3-5-8(7)10(11)13;;/h2-5H,6H2,1H3,(H,14,15,16);;/q;+1;-1. The molecule has 1 N–H and O–H groups in total. The predicted molar refractivity (Wildman–Crippen MR) is 60.8 cm³/mol. The van der Waals surface area contributed by atoms with E-state index in [-0.39, 0.29) is 42.1 Å². The summed E-state index contributed by atoms with van der Waals surface area (Å²) in [6.07, 6.45) is -0.526. The van der Waals surface area contributed by atoms with E-state index in [0.29, 0.717) is 0 Å². The van der Waals surface area contributed by atoms with Gasteiger partial charge in [0.1, 0.15) is 0 Å². The van der Waals surface area contributed by atoms with Gasteiger partial charge in [-0.2, -0.15) is 8.42 Å². The number of carbonyl (C=O) groups is 2. The maximum atomic E-state index is 12.0. The molecular weight excluding hydrogens is 267 g/mol. The number of fused-ring (bicyclic) bond motifs is 1. The zero-order valence-corrected chi connectivity index (χ0v) is 12.8. The number of Topliss-reactive ketones (excluding diaryl/α,β-unsaturated/α-hetero) is 2. The number of benzene rings is 1. The van der Waals surface area contributed by atoms with Gasteiger partial charge in [-0.3, -0.25) is 14.1 Å². The van der Waals surface area contributed by atoms with Gasteiger partial charge >= 0.3 is 29.6 Å². The summed E-state index contributed by atoms with van der Waals surface area (Å²) >= 11 is 0. The molecule has 0 radical (unpaired) electrons. The van der Waals surface area contributed by atoms with Crippen molar-refractivity contribution in [1.29, 1.82) is 0 Å². The maximum Gasteiger partial charge on any atom is 1.00 e. The number of carbonyl (C=O) groups excluding carboxylic acids is 2. The van der Waals surface area contributed by atoms with Crippen molar-refractivity contribution in [3.05, 3.63) is 35.4 Å².